The molecule has 7 nitrogen and oxygen atoms in total. The van der Waals surface area contributed by atoms with Crippen molar-refractivity contribution >= 4 is 33.1 Å². The number of aromatic nitrogens is 1. The maximum atomic E-state index is 12.1. The molecule has 0 aliphatic carbocycles. The lowest BCUT2D eigenvalue weighted by atomic mass is 10.4. The van der Waals surface area contributed by atoms with Crippen LogP contribution < -0.4 is 0 Å². The number of hydrogen-bond acceptors (Lipinski definition) is 7. The smallest absolute Gasteiger partial charge is 0.367 e. The van der Waals surface area contributed by atoms with Crippen LogP contribution in [-0.2, 0) is 14.6 Å². The third kappa shape index (κ3) is 3.34. The number of ether oxygens (including phenoxy) is 1. The van der Waals surface area contributed by atoms with Gasteiger partial charge in [0, 0.05) is 18.5 Å². The highest BCUT2D eigenvalue weighted by Gasteiger charge is 2.27. The molecular formula is C11H14N2O5S2. The molecule has 1 saturated heterocycles. The molecule has 1 aliphatic heterocycles. The average Bonchev–Trinajstić information content (AvgIpc) is 2.88. The molecule has 1 fully saturated rings. The van der Waals surface area contributed by atoms with E-state index in [4.69, 9.17) is 4.74 Å². The van der Waals surface area contributed by atoms with Crippen molar-refractivity contribution in [2.75, 3.05) is 31.2 Å². The zero-order chi connectivity index (χ0) is 14.8. The van der Waals surface area contributed by atoms with E-state index < -0.39 is 15.8 Å². The van der Waals surface area contributed by atoms with Crippen LogP contribution >= 0.6 is 11.3 Å². The molecule has 1 aliphatic rings. The number of esters is 1. The second-order valence-corrected chi connectivity index (χ2v) is 7.36. The van der Waals surface area contributed by atoms with Gasteiger partial charge in [-0.15, -0.1) is 11.3 Å². The largest absolute Gasteiger partial charge is 0.461 e. The minimum Gasteiger partial charge on any atom is -0.461 e. The van der Waals surface area contributed by atoms with Crippen LogP contribution in [0.15, 0.2) is 5.38 Å². The molecule has 2 rings (SSSR count). The summed E-state index contributed by atoms with van der Waals surface area (Å²) in [5, 5.41) is 1.61. The van der Waals surface area contributed by atoms with Gasteiger partial charge >= 0.3 is 5.97 Å². The van der Waals surface area contributed by atoms with Crippen molar-refractivity contribution < 1.29 is 22.7 Å². The molecule has 0 aromatic carbocycles. The third-order valence-corrected chi connectivity index (χ3v) is 5.24. The summed E-state index contributed by atoms with van der Waals surface area (Å²) in [6.45, 7) is 2.25. The normalized spacial score (nSPS) is 17.8. The SMILES string of the molecule is CCOC(=O)c1nc(C(=O)N2CCS(=O)(=O)CC2)cs1. The number of carbonyl (C=O) groups is 2. The van der Waals surface area contributed by atoms with Crippen LogP contribution in [0.1, 0.15) is 27.2 Å². The average molecular weight is 318 g/mol. The fourth-order valence-electron chi connectivity index (χ4n) is 1.74. The Balaban J connectivity index is 2.05. The highest BCUT2D eigenvalue weighted by atomic mass is 32.2. The van der Waals surface area contributed by atoms with E-state index in [1.165, 1.54) is 10.3 Å². The predicted molar refractivity (Wildman–Crippen MR) is 72.6 cm³/mol. The predicted octanol–water partition coefficient (Wildman–Crippen LogP) is 0.190. The number of hydrogen-bond donors (Lipinski definition) is 0. The summed E-state index contributed by atoms with van der Waals surface area (Å²) in [7, 11) is -3.03. The van der Waals surface area contributed by atoms with Crippen molar-refractivity contribution in [2.45, 2.75) is 6.92 Å². The molecule has 110 valence electrons. The van der Waals surface area contributed by atoms with Crippen LogP contribution in [-0.4, -0.2) is 61.4 Å². The summed E-state index contributed by atoms with van der Waals surface area (Å²) in [5.41, 5.74) is 0.150. The lowest BCUT2D eigenvalue weighted by Crippen LogP contribution is -2.43. The minimum atomic E-state index is -3.03. The molecule has 0 atom stereocenters. The number of rotatable bonds is 3. The Labute approximate surface area is 120 Å². The molecular weight excluding hydrogens is 304 g/mol. The van der Waals surface area contributed by atoms with Gasteiger partial charge in [-0.3, -0.25) is 4.79 Å². The summed E-state index contributed by atoms with van der Waals surface area (Å²) in [6, 6.07) is 0. The van der Waals surface area contributed by atoms with Gasteiger partial charge in [0.05, 0.1) is 18.1 Å². The lowest BCUT2D eigenvalue weighted by Gasteiger charge is -2.25. The maximum absolute atomic E-state index is 12.1. The molecule has 0 bridgehead atoms. The monoisotopic (exact) mass is 318 g/mol. The summed E-state index contributed by atoms with van der Waals surface area (Å²) in [6.07, 6.45) is 0. The van der Waals surface area contributed by atoms with Gasteiger partial charge < -0.3 is 9.64 Å². The Morgan fingerprint density at radius 3 is 2.65 bits per heavy atom. The Kier molecular flexibility index (Phi) is 4.39. The number of nitrogens with zero attached hydrogens (tertiary/aromatic N) is 2. The lowest BCUT2D eigenvalue weighted by molar-refractivity contribution is 0.0526. The van der Waals surface area contributed by atoms with E-state index in [1.807, 2.05) is 0 Å². The number of carbonyl (C=O) groups excluding carboxylic acids is 2. The van der Waals surface area contributed by atoms with E-state index in [0.717, 1.165) is 11.3 Å². The van der Waals surface area contributed by atoms with Crippen LogP contribution in [0.2, 0.25) is 0 Å². The zero-order valence-corrected chi connectivity index (χ0v) is 12.5. The highest BCUT2D eigenvalue weighted by molar-refractivity contribution is 7.91. The molecule has 9 heteroatoms. The second kappa shape index (κ2) is 5.88. The van der Waals surface area contributed by atoms with Crippen molar-refractivity contribution in [2.24, 2.45) is 0 Å². The van der Waals surface area contributed by atoms with E-state index in [9.17, 15) is 18.0 Å². The molecule has 0 unspecified atom stereocenters. The van der Waals surface area contributed by atoms with Crippen molar-refractivity contribution in [1.29, 1.82) is 0 Å². The Bertz CT molecular complexity index is 609. The van der Waals surface area contributed by atoms with Crippen LogP contribution in [0.5, 0.6) is 0 Å². The van der Waals surface area contributed by atoms with Crippen molar-refractivity contribution in [3.05, 3.63) is 16.1 Å². The van der Waals surface area contributed by atoms with E-state index in [1.54, 1.807) is 6.92 Å². The van der Waals surface area contributed by atoms with Gasteiger partial charge in [-0.1, -0.05) is 0 Å². The molecule has 0 N–H and O–H groups in total. The number of amides is 1. The molecule has 0 saturated carbocycles. The first-order valence-corrected chi connectivity index (χ1v) is 8.75. The van der Waals surface area contributed by atoms with Gasteiger partial charge in [-0.25, -0.2) is 18.2 Å². The minimum absolute atomic E-state index is 0.0341. The van der Waals surface area contributed by atoms with Crippen molar-refractivity contribution in [3.63, 3.8) is 0 Å². The zero-order valence-electron chi connectivity index (χ0n) is 10.9. The molecule has 1 aromatic heterocycles. The first-order chi connectivity index (χ1) is 9.43. The van der Waals surface area contributed by atoms with Crippen LogP contribution in [0, 0.1) is 0 Å². The summed E-state index contributed by atoms with van der Waals surface area (Å²) in [4.78, 5) is 29.0. The highest BCUT2D eigenvalue weighted by Crippen LogP contribution is 2.14. The topological polar surface area (TPSA) is 93.6 Å². The molecule has 1 aromatic rings. The summed E-state index contributed by atoms with van der Waals surface area (Å²) >= 11 is 1.04. The van der Waals surface area contributed by atoms with Gasteiger partial charge in [0.2, 0.25) is 5.01 Å². The van der Waals surface area contributed by atoms with Gasteiger partial charge in [0.25, 0.3) is 5.91 Å². The molecule has 0 spiro atoms. The fourth-order valence-corrected chi connectivity index (χ4v) is 3.62. The number of sulfone groups is 1. The quantitative estimate of drug-likeness (QED) is 0.739. The van der Waals surface area contributed by atoms with Gasteiger partial charge in [0.1, 0.15) is 5.69 Å². The van der Waals surface area contributed by atoms with E-state index in [0.29, 0.717) is 0 Å². The summed E-state index contributed by atoms with van der Waals surface area (Å²) in [5.74, 6) is -0.981. The van der Waals surface area contributed by atoms with Crippen LogP contribution in [0.4, 0.5) is 0 Å². The molecule has 0 radical (unpaired) electrons. The second-order valence-electron chi connectivity index (χ2n) is 4.20. The fraction of sp³-hybridized carbons (Fsp3) is 0.545. The third-order valence-electron chi connectivity index (χ3n) is 2.80. The maximum Gasteiger partial charge on any atom is 0.367 e. The van der Waals surface area contributed by atoms with E-state index in [2.05, 4.69) is 4.98 Å². The van der Waals surface area contributed by atoms with Crippen molar-refractivity contribution in [1.82, 2.24) is 9.88 Å². The molecule has 20 heavy (non-hydrogen) atoms. The van der Waals surface area contributed by atoms with Crippen molar-refractivity contribution in [3.8, 4) is 0 Å². The Morgan fingerprint density at radius 1 is 1.40 bits per heavy atom. The summed E-state index contributed by atoms with van der Waals surface area (Å²) < 4.78 is 27.4. The Hall–Kier alpha value is -1.48. The van der Waals surface area contributed by atoms with E-state index in [-0.39, 0.29) is 47.8 Å². The van der Waals surface area contributed by atoms with E-state index >= 15 is 0 Å². The number of thiazole rings is 1. The molecule has 1 amide bonds. The van der Waals surface area contributed by atoms with Gasteiger partial charge in [-0.05, 0) is 6.92 Å². The first kappa shape index (κ1) is 14.9. The molecule has 2 heterocycles. The van der Waals surface area contributed by atoms with Gasteiger partial charge in [0.15, 0.2) is 9.84 Å². The Morgan fingerprint density at radius 2 is 2.05 bits per heavy atom. The van der Waals surface area contributed by atoms with Gasteiger partial charge in [-0.2, -0.15) is 0 Å². The van der Waals surface area contributed by atoms with Crippen LogP contribution in [0.3, 0.4) is 0 Å². The van der Waals surface area contributed by atoms with Crippen LogP contribution in [0.25, 0.3) is 0 Å². The standard InChI is InChI=1S/C11H14N2O5S2/c1-2-18-11(15)9-12-8(7-19-9)10(14)13-3-5-20(16,17)6-4-13/h7H,2-6H2,1H3. The first-order valence-electron chi connectivity index (χ1n) is 6.05.